The van der Waals surface area contributed by atoms with Gasteiger partial charge in [-0.3, -0.25) is 4.79 Å². The van der Waals surface area contributed by atoms with Crippen LogP contribution in [0.4, 0.5) is 13.2 Å². The Balaban J connectivity index is 1.54. The number of H-pyrrole nitrogens is 1. The number of aromatic amines is 1. The van der Waals surface area contributed by atoms with Gasteiger partial charge in [0, 0.05) is 42.5 Å². The Bertz CT molecular complexity index is 1210. The first-order chi connectivity index (χ1) is 15.7. The van der Waals surface area contributed by atoms with Gasteiger partial charge >= 0.3 is 6.18 Å². The van der Waals surface area contributed by atoms with Gasteiger partial charge in [-0.2, -0.15) is 13.2 Å². The fourth-order valence-corrected chi connectivity index (χ4v) is 5.02. The third-order valence-electron chi connectivity index (χ3n) is 7.06. The van der Waals surface area contributed by atoms with Gasteiger partial charge in [-0.1, -0.05) is 6.07 Å². The maximum atomic E-state index is 13.2. The van der Waals surface area contributed by atoms with Crippen LogP contribution in [0.5, 0.6) is 0 Å². The lowest BCUT2D eigenvalue weighted by molar-refractivity contribution is -0.186. The third-order valence-corrected chi connectivity index (χ3v) is 7.06. The van der Waals surface area contributed by atoms with Crippen molar-refractivity contribution in [1.82, 2.24) is 20.2 Å². The van der Waals surface area contributed by atoms with Crippen molar-refractivity contribution in [2.45, 2.75) is 51.9 Å². The molecular weight excluding hydrogens is 429 g/mol. The molecule has 0 aliphatic carbocycles. The van der Waals surface area contributed by atoms with E-state index in [1.807, 2.05) is 19.3 Å². The summed E-state index contributed by atoms with van der Waals surface area (Å²) < 4.78 is 39.5. The molecule has 0 radical (unpaired) electrons. The Morgan fingerprint density at radius 1 is 1.24 bits per heavy atom. The normalized spacial score (nSPS) is 19.7. The molecule has 2 aliphatic rings. The van der Waals surface area contributed by atoms with E-state index in [2.05, 4.69) is 33.5 Å². The molecule has 1 amide bonds. The molecule has 5 nitrogen and oxygen atoms in total. The largest absolute Gasteiger partial charge is 0.400 e. The van der Waals surface area contributed by atoms with Crippen LogP contribution < -0.4 is 5.32 Å². The summed E-state index contributed by atoms with van der Waals surface area (Å²) in [4.78, 5) is 21.7. The molecule has 4 heterocycles. The summed E-state index contributed by atoms with van der Waals surface area (Å²) in [5, 5.41) is 4.60. The minimum absolute atomic E-state index is 0.138. The Hall–Kier alpha value is -2.87. The standard InChI is InChI=1S/C25H27F3N4O/c1-14-11-30-23-19(14)10-18(12-31-23)17-8-16-5-7-32(24(33)15(2)25(26,27)28)13-21(16)20(9-17)22-4-3-6-29-22/h8-12,15,22,29H,3-7,13H2,1-2H3,(H,30,31)/t15?,22-/m0/s1. The number of hydrogen-bond acceptors (Lipinski definition) is 3. The fraction of sp³-hybridized carbons (Fsp3) is 0.440. The smallest absolute Gasteiger partial charge is 0.346 e. The molecule has 1 aromatic carbocycles. The van der Waals surface area contributed by atoms with Gasteiger partial charge in [0.1, 0.15) is 11.6 Å². The molecule has 2 aromatic heterocycles. The van der Waals surface area contributed by atoms with Crippen LogP contribution in [0.15, 0.2) is 30.6 Å². The first-order valence-electron chi connectivity index (χ1n) is 11.4. The predicted octanol–water partition coefficient (Wildman–Crippen LogP) is 5.05. The maximum Gasteiger partial charge on any atom is 0.400 e. The lowest BCUT2D eigenvalue weighted by Gasteiger charge is -2.34. The highest BCUT2D eigenvalue weighted by Crippen LogP contribution is 2.37. The zero-order valence-electron chi connectivity index (χ0n) is 18.7. The van der Waals surface area contributed by atoms with Crippen molar-refractivity contribution in [2.24, 2.45) is 5.92 Å². The molecule has 2 atom stereocenters. The summed E-state index contributed by atoms with van der Waals surface area (Å²) in [6.45, 7) is 4.41. The van der Waals surface area contributed by atoms with Crippen molar-refractivity contribution in [1.29, 1.82) is 0 Å². The quantitative estimate of drug-likeness (QED) is 0.580. The minimum atomic E-state index is -4.53. The molecule has 1 saturated heterocycles. The van der Waals surface area contributed by atoms with E-state index < -0.39 is 18.0 Å². The zero-order valence-corrected chi connectivity index (χ0v) is 18.7. The number of aromatic nitrogens is 2. The average molecular weight is 457 g/mol. The second-order valence-electron chi connectivity index (χ2n) is 9.22. The molecule has 8 heteroatoms. The van der Waals surface area contributed by atoms with Gasteiger partial charge < -0.3 is 15.2 Å². The Kier molecular flexibility index (Phi) is 5.43. The van der Waals surface area contributed by atoms with E-state index in [0.717, 1.165) is 70.7 Å². The van der Waals surface area contributed by atoms with Gasteiger partial charge in [0.15, 0.2) is 0 Å². The predicted molar refractivity (Wildman–Crippen MR) is 121 cm³/mol. The van der Waals surface area contributed by atoms with Crippen LogP contribution in [0.3, 0.4) is 0 Å². The molecule has 2 aliphatic heterocycles. The van der Waals surface area contributed by atoms with Crippen LogP contribution >= 0.6 is 0 Å². The first-order valence-corrected chi connectivity index (χ1v) is 11.4. The third kappa shape index (κ3) is 4.01. The van der Waals surface area contributed by atoms with E-state index in [4.69, 9.17) is 0 Å². The molecule has 5 rings (SSSR count). The van der Waals surface area contributed by atoms with E-state index in [-0.39, 0.29) is 12.6 Å². The number of aryl methyl sites for hydroxylation is 1. The van der Waals surface area contributed by atoms with Crippen molar-refractivity contribution in [2.75, 3.05) is 13.1 Å². The molecule has 0 spiro atoms. The summed E-state index contributed by atoms with van der Waals surface area (Å²) in [6.07, 6.45) is 1.83. The van der Waals surface area contributed by atoms with Crippen LogP contribution in [0.1, 0.15) is 48.1 Å². The fourth-order valence-electron chi connectivity index (χ4n) is 5.02. The molecule has 0 bridgehead atoms. The van der Waals surface area contributed by atoms with E-state index in [0.29, 0.717) is 13.0 Å². The molecule has 3 aromatic rings. The number of benzene rings is 1. The summed E-state index contributed by atoms with van der Waals surface area (Å²) in [5.41, 5.74) is 7.21. The molecule has 2 N–H and O–H groups in total. The maximum absolute atomic E-state index is 13.2. The summed E-state index contributed by atoms with van der Waals surface area (Å²) in [6, 6.07) is 6.52. The number of pyridine rings is 1. The number of carbonyl (C=O) groups excluding carboxylic acids is 1. The van der Waals surface area contributed by atoms with Crippen molar-refractivity contribution in [3.05, 3.63) is 52.8 Å². The average Bonchev–Trinajstić information content (AvgIpc) is 3.46. The molecule has 174 valence electrons. The molecule has 33 heavy (non-hydrogen) atoms. The van der Waals surface area contributed by atoms with E-state index in [1.165, 1.54) is 4.90 Å². The molecular formula is C25H27F3N4O. The van der Waals surface area contributed by atoms with Gasteiger partial charge in [-0.05, 0) is 79.6 Å². The monoisotopic (exact) mass is 456 g/mol. The highest BCUT2D eigenvalue weighted by molar-refractivity contribution is 5.85. The number of alkyl halides is 3. The number of nitrogens with one attached hydrogen (secondary N) is 2. The number of fused-ring (bicyclic) bond motifs is 2. The SMILES string of the molecule is Cc1c[nH]c2ncc(-c3cc4c(c([C@@H]5CCCN5)c3)CN(C(=O)C(C)C(F)(F)F)CC4)cc12. The lowest BCUT2D eigenvalue weighted by Crippen LogP contribution is -2.43. The highest BCUT2D eigenvalue weighted by atomic mass is 19.4. The van der Waals surface area contributed by atoms with Crippen molar-refractivity contribution in [3.8, 4) is 11.1 Å². The van der Waals surface area contributed by atoms with Gasteiger partial charge in [0.05, 0.1) is 0 Å². The van der Waals surface area contributed by atoms with Crippen molar-refractivity contribution in [3.63, 3.8) is 0 Å². The number of carbonyl (C=O) groups is 1. The Morgan fingerprint density at radius 2 is 2.06 bits per heavy atom. The molecule has 1 fully saturated rings. The van der Waals surface area contributed by atoms with Crippen LogP contribution in [0, 0.1) is 12.8 Å². The first kappa shape index (κ1) is 21.9. The number of hydrogen-bond donors (Lipinski definition) is 2. The van der Waals surface area contributed by atoms with E-state index >= 15 is 0 Å². The van der Waals surface area contributed by atoms with Gasteiger partial charge in [0.25, 0.3) is 0 Å². The summed E-state index contributed by atoms with van der Waals surface area (Å²) in [7, 11) is 0. The van der Waals surface area contributed by atoms with Gasteiger partial charge in [0.2, 0.25) is 5.91 Å². The highest BCUT2D eigenvalue weighted by Gasteiger charge is 2.43. The van der Waals surface area contributed by atoms with Crippen LogP contribution in [-0.4, -0.2) is 40.0 Å². The number of halogens is 3. The zero-order chi connectivity index (χ0) is 23.3. The second-order valence-corrected chi connectivity index (χ2v) is 9.22. The molecule has 0 saturated carbocycles. The van der Waals surface area contributed by atoms with Crippen LogP contribution in [-0.2, 0) is 17.8 Å². The van der Waals surface area contributed by atoms with Crippen LogP contribution in [0.2, 0.25) is 0 Å². The number of nitrogens with zero attached hydrogens (tertiary/aromatic N) is 2. The Labute approximate surface area is 190 Å². The number of amides is 1. The van der Waals surface area contributed by atoms with E-state index in [9.17, 15) is 18.0 Å². The minimum Gasteiger partial charge on any atom is -0.346 e. The summed E-state index contributed by atoms with van der Waals surface area (Å²) in [5.74, 6) is -2.84. The molecule has 1 unspecified atom stereocenters. The van der Waals surface area contributed by atoms with Crippen molar-refractivity contribution < 1.29 is 18.0 Å². The Morgan fingerprint density at radius 3 is 2.79 bits per heavy atom. The second kappa shape index (κ2) is 8.17. The lowest BCUT2D eigenvalue weighted by atomic mass is 9.86. The number of rotatable bonds is 3. The van der Waals surface area contributed by atoms with Gasteiger partial charge in [-0.25, -0.2) is 4.98 Å². The van der Waals surface area contributed by atoms with Gasteiger partial charge in [-0.15, -0.1) is 0 Å². The summed E-state index contributed by atoms with van der Waals surface area (Å²) >= 11 is 0. The van der Waals surface area contributed by atoms with Crippen LogP contribution in [0.25, 0.3) is 22.2 Å². The van der Waals surface area contributed by atoms with Crippen molar-refractivity contribution >= 4 is 16.9 Å². The topological polar surface area (TPSA) is 61.0 Å². The van der Waals surface area contributed by atoms with E-state index in [1.54, 1.807) is 0 Å².